The Morgan fingerprint density at radius 2 is 2.13 bits per heavy atom. The smallest absolute Gasteiger partial charge is 0.0955 e. The van der Waals surface area contributed by atoms with Crippen LogP contribution in [0.4, 0.5) is 0 Å². The molecule has 2 heteroatoms. The first-order valence-corrected chi connectivity index (χ1v) is 6.29. The number of rotatable bonds is 6. The highest BCUT2D eigenvalue weighted by Gasteiger charge is 2.28. The summed E-state index contributed by atoms with van der Waals surface area (Å²) in [5, 5.41) is 0. The Morgan fingerprint density at radius 1 is 1.40 bits per heavy atom. The summed E-state index contributed by atoms with van der Waals surface area (Å²) in [5.41, 5.74) is 1.39. The van der Waals surface area contributed by atoms with Gasteiger partial charge in [-0.05, 0) is 39.5 Å². The van der Waals surface area contributed by atoms with Crippen LogP contribution in [-0.2, 0) is 4.74 Å². The second-order valence-corrected chi connectivity index (χ2v) is 5.02. The van der Waals surface area contributed by atoms with Crippen molar-refractivity contribution in [3.05, 3.63) is 0 Å². The van der Waals surface area contributed by atoms with Gasteiger partial charge in [-0.25, -0.2) is 0 Å². The lowest BCUT2D eigenvalue weighted by molar-refractivity contribution is 0.0725. The van der Waals surface area contributed by atoms with Crippen LogP contribution in [0.3, 0.4) is 0 Å². The summed E-state index contributed by atoms with van der Waals surface area (Å²) in [6.07, 6.45) is 6.11. The molecule has 1 fully saturated rings. The molecule has 0 bridgehead atoms. The highest BCUT2D eigenvalue weighted by Crippen LogP contribution is 2.25. The molecule has 88 valence electrons. The fraction of sp³-hybridized carbons (Fsp3) is 0.923. The quantitative estimate of drug-likeness (QED) is 0.615. The third kappa shape index (κ3) is 3.94. The van der Waals surface area contributed by atoms with E-state index < -0.39 is 0 Å². The Balaban J connectivity index is 2.37. The molecule has 1 aliphatic carbocycles. The maximum absolute atomic E-state index is 5.79. The molecule has 1 aliphatic rings. The van der Waals surface area contributed by atoms with Crippen LogP contribution >= 0.6 is 0 Å². The molecule has 0 heterocycles. The molecule has 0 amide bonds. The molecule has 1 atom stereocenters. The second kappa shape index (κ2) is 5.64. The summed E-state index contributed by atoms with van der Waals surface area (Å²) in [7, 11) is 0. The molecular formula is C13H25NO. The van der Waals surface area contributed by atoms with Crippen molar-refractivity contribution in [2.75, 3.05) is 6.61 Å². The molecule has 0 spiro atoms. The lowest BCUT2D eigenvalue weighted by Crippen LogP contribution is -2.37. The molecule has 0 aromatic heterocycles. The maximum Gasteiger partial charge on any atom is 0.0955 e. The van der Waals surface area contributed by atoms with Gasteiger partial charge in [-0.1, -0.05) is 20.3 Å². The fourth-order valence-electron chi connectivity index (χ4n) is 1.54. The topological polar surface area (TPSA) is 21.6 Å². The number of aliphatic imine (C=N–C) groups is 1. The predicted molar refractivity (Wildman–Crippen MR) is 65.7 cm³/mol. The molecule has 0 aromatic carbocycles. The summed E-state index contributed by atoms with van der Waals surface area (Å²) in [6.45, 7) is 9.67. The van der Waals surface area contributed by atoms with Crippen molar-refractivity contribution in [3.8, 4) is 0 Å². The van der Waals surface area contributed by atoms with Gasteiger partial charge < -0.3 is 4.74 Å². The van der Waals surface area contributed by atoms with Crippen molar-refractivity contribution in [1.29, 1.82) is 0 Å². The van der Waals surface area contributed by atoms with Crippen LogP contribution < -0.4 is 0 Å². The second-order valence-electron chi connectivity index (χ2n) is 5.02. The van der Waals surface area contributed by atoms with E-state index in [2.05, 4.69) is 27.7 Å². The van der Waals surface area contributed by atoms with Crippen LogP contribution in [0.1, 0.15) is 59.8 Å². The minimum absolute atomic E-state index is 0.0993. The normalized spacial score (nSPS) is 24.3. The number of hydrogen-bond donors (Lipinski definition) is 0. The lowest BCUT2D eigenvalue weighted by Gasteiger charge is -2.32. The Bertz CT molecular complexity index is 221. The minimum atomic E-state index is 0.0993. The van der Waals surface area contributed by atoms with E-state index in [1.807, 2.05) is 0 Å². The number of unbranched alkanes of at least 4 members (excludes halogenated alkanes) is 1. The Hall–Kier alpha value is -0.370. The standard InChI is InChI=1S/C13H25NO/c1-5-7-10-15-12-9-8-11(12)14-13(3,4)6-2/h12H,5-10H2,1-4H3. The monoisotopic (exact) mass is 211 g/mol. The summed E-state index contributed by atoms with van der Waals surface area (Å²) >= 11 is 0. The first-order valence-electron chi connectivity index (χ1n) is 6.29. The van der Waals surface area contributed by atoms with Gasteiger partial charge in [0, 0.05) is 12.3 Å². The van der Waals surface area contributed by atoms with E-state index in [0.29, 0.717) is 6.10 Å². The van der Waals surface area contributed by atoms with Crippen LogP contribution in [0.25, 0.3) is 0 Å². The molecule has 0 aromatic rings. The maximum atomic E-state index is 5.79. The van der Waals surface area contributed by atoms with Crippen molar-refractivity contribution in [3.63, 3.8) is 0 Å². The van der Waals surface area contributed by atoms with E-state index >= 15 is 0 Å². The lowest BCUT2D eigenvalue weighted by atomic mass is 9.91. The van der Waals surface area contributed by atoms with Gasteiger partial charge >= 0.3 is 0 Å². The van der Waals surface area contributed by atoms with Crippen LogP contribution in [0, 0.1) is 0 Å². The highest BCUT2D eigenvalue weighted by atomic mass is 16.5. The Labute approximate surface area is 94.1 Å². The van der Waals surface area contributed by atoms with Crippen molar-refractivity contribution in [1.82, 2.24) is 0 Å². The Kier molecular flexibility index (Phi) is 4.78. The molecule has 2 nitrogen and oxygen atoms in total. The number of ether oxygens (including phenoxy) is 1. The molecule has 0 radical (unpaired) electrons. The van der Waals surface area contributed by atoms with E-state index in [1.165, 1.54) is 25.0 Å². The summed E-state index contributed by atoms with van der Waals surface area (Å²) in [6, 6.07) is 0. The molecular weight excluding hydrogens is 186 g/mol. The van der Waals surface area contributed by atoms with E-state index in [-0.39, 0.29) is 5.54 Å². The number of hydrogen-bond acceptors (Lipinski definition) is 2. The van der Waals surface area contributed by atoms with E-state index in [4.69, 9.17) is 9.73 Å². The first-order chi connectivity index (χ1) is 7.09. The van der Waals surface area contributed by atoms with Gasteiger partial charge in [0.15, 0.2) is 0 Å². The zero-order valence-electron chi connectivity index (χ0n) is 10.7. The van der Waals surface area contributed by atoms with Crippen molar-refractivity contribution in [2.24, 2.45) is 4.99 Å². The largest absolute Gasteiger partial charge is 0.372 e. The zero-order chi connectivity index (χ0) is 11.3. The summed E-state index contributed by atoms with van der Waals surface area (Å²) in [5.74, 6) is 0. The van der Waals surface area contributed by atoms with Gasteiger partial charge in [0.25, 0.3) is 0 Å². The van der Waals surface area contributed by atoms with Gasteiger partial charge in [-0.15, -0.1) is 0 Å². The third-order valence-electron chi connectivity index (χ3n) is 3.16. The van der Waals surface area contributed by atoms with Gasteiger partial charge in [0.05, 0.1) is 11.6 Å². The van der Waals surface area contributed by atoms with E-state index in [0.717, 1.165) is 19.4 Å². The molecule has 0 saturated heterocycles. The van der Waals surface area contributed by atoms with Gasteiger partial charge in [-0.3, -0.25) is 4.99 Å². The van der Waals surface area contributed by atoms with Crippen LogP contribution in [0.15, 0.2) is 4.99 Å². The zero-order valence-corrected chi connectivity index (χ0v) is 10.7. The molecule has 1 saturated carbocycles. The molecule has 0 N–H and O–H groups in total. The van der Waals surface area contributed by atoms with Gasteiger partial charge in [-0.2, -0.15) is 0 Å². The number of nitrogens with zero attached hydrogens (tertiary/aromatic N) is 1. The average Bonchev–Trinajstić information content (AvgIpc) is 2.20. The van der Waals surface area contributed by atoms with Crippen LogP contribution in [-0.4, -0.2) is 24.0 Å². The average molecular weight is 211 g/mol. The van der Waals surface area contributed by atoms with Crippen LogP contribution in [0.2, 0.25) is 0 Å². The van der Waals surface area contributed by atoms with Crippen molar-refractivity contribution in [2.45, 2.75) is 71.4 Å². The molecule has 1 unspecified atom stereocenters. The summed E-state index contributed by atoms with van der Waals surface area (Å²) < 4.78 is 5.79. The van der Waals surface area contributed by atoms with E-state index in [1.54, 1.807) is 0 Å². The van der Waals surface area contributed by atoms with Gasteiger partial charge in [0.2, 0.25) is 0 Å². The third-order valence-corrected chi connectivity index (χ3v) is 3.16. The Morgan fingerprint density at radius 3 is 2.60 bits per heavy atom. The highest BCUT2D eigenvalue weighted by molar-refractivity contribution is 5.94. The molecule has 15 heavy (non-hydrogen) atoms. The fourth-order valence-corrected chi connectivity index (χ4v) is 1.54. The van der Waals surface area contributed by atoms with Gasteiger partial charge in [0.1, 0.15) is 0 Å². The van der Waals surface area contributed by atoms with E-state index in [9.17, 15) is 0 Å². The van der Waals surface area contributed by atoms with Crippen molar-refractivity contribution >= 4 is 5.71 Å². The minimum Gasteiger partial charge on any atom is -0.372 e. The molecule has 1 rings (SSSR count). The SMILES string of the molecule is CCCCOC1CCC1=NC(C)(C)CC. The summed E-state index contributed by atoms with van der Waals surface area (Å²) in [4.78, 5) is 4.78. The van der Waals surface area contributed by atoms with Crippen LogP contribution in [0.5, 0.6) is 0 Å². The first kappa shape index (κ1) is 12.7. The van der Waals surface area contributed by atoms with Crippen molar-refractivity contribution < 1.29 is 4.74 Å². The predicted octanol–water partition coefficient (Wildman–Crippen LogP) is 3.60. The molecule has 0 aliphatic heterocycles.